The summed E-state index contributed by atoms with van der Waals surface area (Å²) in [6, 6.07) is 0. The van der Waals surface area contributed by atoms with Crippen LogP contribution in [-0.4, -0.2) is 15.7 Å². The summed E-state index contributed by atoms with van der Waals surface area (Å²) < 4.78 is 11.0. The summed E-state index contributed by atoms with van der Waals surface area (Å²) in [7, 11) is -0.640. The van der Waals surface area contributed by atoms with E-state index in [0.29, 0.717) is 5.75 Å². The van der Waals surface area contributed by atoms with Crippen molar-refractivity contribution in [2.45, 2.75) is 26.2 Å². The smallest absolute Gasteiger partial charge is 0.0412 e. The zero-order chi connectivity index (χ0) is 7.82. The van der Waals surface area contributed by atoms with Gasteiger partial charge in [0, 0.05) is 22.3 Å². The Labute approximate surface area is 66.0 Å². The van der Waals surface area contributed by atoms with Crippen LogP contribution in [0.5, 0.6) is 0 Å². The van der Waals surface area contributed by atoms with Crippen LogP contribution < -0.4 is 0 Å². The van der Waals surface area contributed by atoms with Crippen molar-refractivity contribution in [1.82, 2.24) is 0 Å². The van der Waals surface area contributed by atoms with E-state index in [1.54, 1.807) is 6.08 Å². The first kappa shape index (κ1) is 9.89. The van der Waals surface area contributed by atoms with Gasteiger partial charge in [-0.05, 0) is 6.42 Å². The lowest BCUT2D eigenvalue weighted by Crippen LogP contribution is -1.99. The Morgan fingerprint density at radius 3 is 2.70 bits per heavy atom. The summed E-state index contributed by atoms with van der Waals surface area (Å²) in [5.74, 6) is 1.50. The van der Waals surface area contributed by atoms with Crippen molar-refractivity contribution in [2.75, 3.05) is 11.5 Å². The first-order valence-corrected chi connectivity index (χ1v) is 5.26. The van der Waals surface area contributed by atoms with Crippen LogP contribution in [0.3, 0.4) is 0 Å². The molecule has 10 heavy (non-hydrogen) atoms. The largest absolute Gasteiger partial charge is 0.259 e. The predicted molar refractivity (Wildman–Crippen MR) is 47.6 cm³/mol. The molecule has 0 amide bonds. The van der Waals surface area contributed by atoms with Crippen LogP contribution >= 0.6 is 0 Å². The number of unbranched alkanes of at least 4 members (excludes halogenated alkanes) is 2. The molecule has 0 saturated heterocycles. The molecule has 0 aliphatic carbocycles. The van der Waals surface area contributed by atoms with Gasteiger partial charge in [-0.3, -0.25) is 4.21 Å². The summed E-state index contributed by atoms with van der Waals surface area (Å²) in [6.45, 7) is 5.69. The second kappa shape index (κ2) is 7.00. The average molecular weight is 160 g/mol. The molecule has 1 atom stereocenters. The monoisotopic (exact) mass is 160 g/mol. The second-order valence-electron chi connectivity index (χ2n) is 2.31. The van der Waals surface area contributed by atoms with Gasteiger partial charge in [-0.1, -0.05) is 25.8 Å². The normalized spacial score (nSPS) is 12.9. The molecular formula is C8H16OS. The molecule has 0 aliphatic heterocycles. The van der Waals surface area contributed by atoms with E-state index >= 15 is 0 Å². The molecule has 0 aromatic heterocycles. The van der Waals surface area contributed by atoms with E-state index in [-0.39, 0.29) is 0 Å². The van der Waals surface area contributed by atoms with Crippen molar-refractivity contribution in [3.8, 4) is 0 Å². The highest BCUT2D eigenvalue weighted by molar-refractivity contribution is 7.85. The van der Waals surface area contributed by atoms with E-state index in [1.165, 1.54) is 12.8 Å². The standard InChI is InChI=1S/C8H16OS/c1-3-5-6-8-10(9)7-4-2/h4H,2-3,5-8H2,1H3. The third-order valence-corrected chi connectivity index (χ3v) is 2.63. The summed E-state index contributed by atoms with van der Waals surface area (Å²) in [5, 5.41) is 0. The minimum Gasteiger partial charge on any atom is -0.259 e. The zero-order valence-corrected chi connectivity index (χ0v) is 7.45. The Morgan fingerprint density at radius 1 is 1.50 bits per heavy atom. The van der Waals surface area contributed by atoms with Crippen LogP contribution in [-0.2, 0) is 10.8 Å². The summed E-state index contributed by atoms with van der Waals surface area (Å²) in [5.41, 5.74) is 0. The van der Waals surface area contributed by atoms with Gasteiger partial charge >= 0.3 is 0 Å². The molecule has 0 fully saturated rings. The highest BCUT2D eigenvalue weighted by Gasteiger charge is 1.94. The Hall–Kier alpha value is -0.110. The van der Waals surface area contributed by atoms with Crippen molar-refractivity contribution in [1.29, 1.82) is 0 Å². The first-order chi connectivity index (χ1) is 4.81. The zero-order valence-electron chi connectivity index (χ0n) is 6.64. The molecule has 0 bridgehead atoms. The highest BCUT2D eigenvalue weighted by atomic mass is 32.2. The maximum absolute atomic E-state index is 11.0. The minimum atomic E-state index is -0.640. The molecule has 1 nitrogen and oxygen atoms in total. The summed E-state index contributed by atoms with van der Waals surface area (Å²) >= 11 is 0. The predicted octanol–water partition coefficient (Wildman–Crippen LogP) is 2.11. The topological polar surface area (TPSA) is 17.1 Å². The van der Waals surface area contributed by atoms with Crippen molar-refractivity contribution < 1.29 is 4.21 Å². The van der Waals surface area contributed by atoms with E-state index < -0.39 is 10.8 Å². The molecule has 0 aliphatic rings. The number of rotatable bonds is 6. The van der Waals surface area contributed by atoms with Gasteiger partial charge < -0.3 is 0 Å². The van der Waals surface area contributed by atoms with Crippen LogP contribution in [0, 0.1) is 0 Å². The van der Waals surface area contributed by atoms with Gasteiger partial charge in [0.05, 0.1) is 0 Å². The molecule has 0 radical (unpaired) electrons. The maximum atomic E-state index is 11.0. The number of hydrogen-bond donors (Lipinski definition) is 0. The van der Waals surface area contributed by atoms with E-state index in [4.69, 9.17) is 0 Å². The summed E-state index contributed by atoms with van der Waals surface area (Å²) in [6.07, 6.45) is 5.22. The van der Waals surface area contributed by atoms with Gasteiger partial charge in [-0.2, -0.15) is 0 Å². The molecule has 0 saturated carbocycles. The lowest BCUT2D eigenvalue weighted by molar-refractivity contribution is 0.678. The average Bonchev–Trinajstić information content (AvgIpc) is 1.89. The van der Waals surface area contributed by atoms with E-state index in [9.17, 15) is 4.21 Å². The Bertz CT molecular complexity index is 110. The molecule has 60 valence electrons. The van der Waals surface area contributed by atoms with Crippen LogP contribution in [0.15, 0.2) is 12.7 Å². The van der Waals surface area contributed by atoms with Gasteiger partial charge in [0.25, 0.3) is 0 Å². The summed E-state index contributed by atoms with van der Waals surface area (Å²) in [4.78, 5) is 0. The SMILES string of the molecule is C=CCS(=O)CCCCC. The van der Waals surface area contributed by atoms with Crippen LogP contribution in [0.2, 0.25) is 0 Å². The lowest BCUT2D eigenvalue weighted by Gasteiger charge is -1.96. The molecule has 0 rings (SSSR count). The molecule has 0 spiro atoms. The number of hydrogen-bond acceptors (Lipinski definition) is 1. The van der Waals surface area contributed by atoms with Crippen molar-refractivity contribution in [3.05, 3.63) is 12.7 Å². The van der Waals surface area contributed by atoms with Gasteiger partial charge in [0.15, 0.2) is 0 Å². The molecule has 0 N–H and O–H groups in total. The van der Waals surface area contributed by atoms with E-state index in [2.05, 4.69) is 13.5 Å². The van der Waals surface area contributed by atoms with Crippen molar-refractivity contribution in [2.24, 2.45) is 0 Å². The first-order valence-electron chi connectivity index (χ1n) is 3.77. The molecular weight excluding hydrogens is 144 g/mol. The fourth-order valence-electron chi connectivity index (χ4n) is 0.728. The van der Waals surface area contributed by atoms with E-state index in [1.807, 2.05) is 0 Å². The van der Waals surface area contributed by atoms with Gasteiger partial charge in [-0.15, -0.1) is 6.58 Å². The Morgan fingerprint density at radius 2 is 2.20 bits per heavy atom. The molecule has 0 aromatic carbocycles. The van der Waals surface area contributed by atoms with Crippen LogP contribution in [0.1, 0.15) is 26.2 Å². The second-order valence-corrected chi connectivity index (χ2v) is 3.93. The van der Waals surface area contributed by atoms with Gasteiger partial charge in [-0.25, -0.2) is 0 Å². The van der Waals surface area contributed by atoms with E-state index in [0.717, 1.165) is 12.2 Å². The molecule has 1 unspecified atom stereocenters. The van der Waals surface area contributed by atoms with Crippen molar-refractivity contribution in [3.63, 3.8) is 0 Å². The third-order valence-electron chi connectivity index (χ3n) is 1.28. The maximum Gasteiger partial charge on any atom is 0.0412 e. The fraction of sp³-hybridized carbons (Fsp3) is 0.750. The fourth-order valence-corrected chi connectivity index (χ4v) is 1.68. The quantitative estimate of drug-likeness (QED) is 0.429. The van der Waals surface area contributed by atoms with Crippen LogP contribution in [0.25, 0.3) is 0 Å². The van der Waals surface area contributed by atoms with Gasteiger partial charge in [0.1, 0.15) is 0 Å². The molecule has 0 aromatic rings. The Kier molecular flexibility index (Phi) is 6.93. The lowest BCUT2D eigenvalue weighted by atomic mass is 10.3. The molecule has 0 heterocycles. The van der Waals surface area contributed by atoms with Crippen LogP contribution in [0.4, 0.5) is 0 Å². The third kappa shape index (κ3) is 6.02. The van der Waals surface area contributed by atoms with Crippen molar-refractivity contribution >= 4 is 10.8 Å². The Balaban J connectivity index is 3.13. The van der Waals surface area contributed by atoms with Gasteiger partial charge in [0.2, 0.25) is 0 Å². The highest BCUT2D eigenvalue weighted by Crippen LogP contribution is 1.96. The molecule has 2 heteroatoms. The minimum absolute atomic E-state index is 0.640.